The van der Waals surface area contributed by atoms with E-state index in [1.807, 2.05) is 14.1 Å². The number of alkyl halides is 1. The number of halogens is 2. The van der Waals surface area contributed by atoms with Crippen molar-refractivity contribution in [2.45, 2.75) is 29.7 Å². The van der Waals surface area contributed by atoms with Gasteiger partial charge in [0.25, 0.3) is 0 Å². The molecule has 20 heavy (non-hydrogen) atoms. The second-order valence-corrected chi connectivity index (χ2v) is 9.74. The van der Waals surface area contributed by atoms with Gasteiger partial charge in [-0.15, -0.1) is 22.9 Å². The van der Waals surface area contributed by atoms with Crippen molar-refractivity contribution in [3.05, 3.63) is 14.7 Å². The van der Waals surface area contributed by atoms with Gasteiger partial charge in [-0.05, 0) is 48.9 Å². The number of hydrogen-bond donors (Lipinski definition) is 0. The van der Waals surface area contributed by atoms with Crippen LogP contribution in [0, 0.1) is 0 Å². The summed E-state index contributed by atoms with van der Waals surface area (Å²) in [4.78, 5) is 3.30. The highest BCUT2D eigenvalue weighted by Gasteiger charge is 2.33. The van der Waals surface area contributed by atoms with Crippen LogP contribution in [0.25, 0.3) is 0 Å². The highest BCUT2D eigenvalue weighted by atomic mass is 79.9. The molecule has 0 radical (unpaired) electrons. The van der Waals surface area contributed by atoms with Crippen LogP contribution in [0.4, 0.5) is 0 Å². The van der Waals surface area contributed by atoms with Crippen molar-refractivity contribution in [1.82, 2.24) is 9.21 Å². The van der Waals surface area contributed by atoms with E-state index in [9.17, 15) is 8.42 Å². The Labute approximate surface area is 137 Å². The molecule has 1 atom stereocenters. The van der Waals surface area contributed by atoms with E-state index in [1.165, 1.54) is 11.3 Å². The van der Waals surface area contributed by atoms with Crippen LogP contribution < -0.4 is 0 Å². The third kappa shape index (κ3) is 3.39. The van der Waals surface area contributed by atoms with Gasteiger partial charge in [0.05, 0.1) is 9.67 Å². The van der Waals surface area contributed by atoms with Gasteiger partial charge in [0.2, 0.25) is 10.0 Å². The highest BCUT2D eigenvalue weighted by molar-refractivity contribution is 9.11. The van der Waals surface area contributed by atoms with Crippen LogP contribution in [-0.2, 0) is 15.9 Å². The van der Waals surface area contributed by atoms with E-state index >= 15 is 0 Å². The first-order chi connectivity index (χ1) is 9.36. The molecule has 1 aliphatic heterocycles. The molecule has 0 N–H and O–H groups in total. The average molecular weight is 402 g/mol. The quantitative estimate of drug-likeness (QED) is 0.728. The molecule has 1 aromatic heterocycles. The van der Waals surface area contributed by atoms with Crippen LogP contribution in [0.15, 0.2) is 14.7 Å². The summed E-state index contributed by atoms with van der Waals surface area (Å²) in [6.45, 7) is 1.14. The molecule has 0 aromatic carbocycles. The van der Waals surface area contributed by atoms with Gasteiger partial charge < -0.3 is 4.90 Å². The lowest BCUT2D eigenvalue weighted by Crippen LogP contribution is -2.47. The molecule has 8 heteroatoms. The summed E-state index contributed by atoms with van der Waals surface area (Å²) in [5.74, 6) is 0.332. The second-order valence-electron chi connectivity index (χ2n) is 5.11. The number of sulfonamides is 1. The minimum atomic E-state index is -3.44. The Morgan fingerprint density at radius 2 is 2.25 bits per heavy atom. The number of thiophene rings is 1. The molecule has 2 heterocycles. The number of piperidine rings is 1. The van der Waals surface area contributed by atoms with Crippen molar-refractivity contribution < 1.29 is 8.42 Å². The van der Waals surface area contributed by atoms with Crippen LogP contribution >= 0.6 is 38.9 Å². The standard InChI is InChI=1S/C12H18BrClN2O2S2/c1-15(2)9-4-3-5-16(8-9)20(17,18)11-6-10(7-14)19-12(11)13/h6,9H,3-5,7-8H2,1-2H3. The molecule has 1 aromatic rings. The van der Waals surface area contributed by atoms with Gasteiger partial charge in [0.1, 0.15) is 4.90 Å². The zero-order chi connectivity index (χ0) is 14.9. The van der Waals surface area contributed by atoms with Crippen LogP contribution in [0.3, 0.4) is 0 Å². The van der Waals surface area contributed by atoms with Crippen LogP contribution in [-0.4, -0.2) is 50.8 Å². The normalized spacial score (nSPS) is 21.6. The summed E-state index contributed by atoms with van der Waals surface area (Å²) < 4.78 is 27.7. The lowest BCUT2D eigenvalue weighted by atomic mass is 10.1. The van der Waals surface area contributed by atoms with E-state index < -0.39 is 10.0 Å². The third-order valence-electron chi connectivity index (χ3n) is 3.55. The summed E-state index contributed by atoms with van der Waals surface area (Å²) in [6.07, 6.45) is 1.93. The number of nitrogens with zero attached hydrogens (tertiary/aromatic N) is 2. The third-order valence-corrected chi connectivity index (χ3v) is 8.11. The molecule has 2 rings (SSSR count). The molecular weight excluding hydrogens is 384 g/mol. The Morgan fingerprint density at radius 3 is 2.80 bits per heavy atom. The molecule has 0 spiro atoms. The van der Waals surface area contributed by atoms with Crippen LogP contribution in [0.2, 0.25) is 0 Å². The summed E-state index contributed by atoms with van der Waals surface area (Å²) in [5.41, 5.74) is 0. The largest absolute Gasteiger partial charge is 0.305 e. The van der Waals surface area contributed by atoms with Crippen molar-refractivity contribution in [2.75, 3.05) is 27.2 Å². The van der Waals surface area contributed by atoms with Gasteiger partial charge in [0.15, 0.2) is 0 Å². The second kappa shape index (κ2) is 6.62. The van der Waals surface area contributed by atoms with Crippen LogP contribution in [0.1, 0.15) is 17.7 Å². The molecule has 0 amide bonds. The number of rotatable bonds is 4. The Bertz CT molecular complexity index is 574. The van der Waals surface area contributed by atoms with Gasteiger partial charge in [0, 0.05) is 24.0 Å². The molecule has 1 unspecified atom stereocenters. The molecule has 1 aliphatic rings. The number of likely N-dealkylation sites (N-methyl/N-ethyl adjacent to an activating group) is 1. The average Bonchev–Trinajstić information content (AvgIpc) is 2.81. The predicted octanol–water partition coefficient (Wildman–Crippen LogP) is 2.96. The Kier molecular flexibility index (Phi) is 5.53. The van der Waals surface area contributed by atoms with Crippen molar-refractivity contribution in [3.63, 3.8) is 0 Å². The fourth-order valence-electron chi connectivity index (χ4n) is 2.34. The maximum Gasteiger partial charge on any atom is 0.245 e. The molecule has 4 nitrogen and oxygen atoms in total. The fourth-order valence-corrected chi connectivity index (χ4v) is 6.58. The van der Waals surface area contributed by atoms with Crippen molar-refractivity contribution in [1.29, 1.82) is 0 Å². The summed E-state index contributed by atoms with van der Waals surface area (Å²) in [7, 11) is 0.549. The Hall–Kier alpha value is 0.340. The topological polar surface area (TPSA) is 40.6 Å². The van der Waals surface area contributed by atoms with Gasteiger partial charge in [-0.2, -0.15) is 4.31 Å². The highest BCUT2D eigenvalue weighted by Crippen LogP contribution is 2.35. The predicted molar refractivity (Wildman–Crippen MR) is 87.0 cm³/mol. The van der Waals surface area contributed by atoms with Crippen molar-refractivity contribution >= 4 is 48.9 Å². The minimum absolute atomic E-state index is 0.281. The fraction of sp³-hybridized carbons (Fsp3) is 0.667. The van der Waals surface area contributed by atoms with E-state index in [0.29, 0.717) is 27.7 Å². The lowest BCUT2D eigenvalue weighted by Gasteiger charge is -2.35. The number of hydrogen-bond acceptors (Lipinski definition) is 4. The van der Waals surface area contributed by atoms with Gasteiger partial charge in [-0.1, -0.05) is 0 Å². The zero-order valence-electron chi connectivity index (χ0n) is 11.5. The summed E-state index contributed by atoms with van der Waals surface area (Å²) in [6, 6.07) is 1.96. The Balaban J connectivity index is 2.27. The maximum atomic E-state index is 12.7. The van der Waals surface area contributed by atoms with E-state index in [2.05, 4.69) is 20.8 Å². The summed E-state index contributed by atoms with van der Waals surface area (Å²) in [5, 5.41) is 0. The molecule has 1 saturated heterocycles. The molecule has 114 valence electrons. The lowest BCUT2D eigenvalue weighted by molar-refractivity contribution is 0.190. The minimum Gasteiger partial charge on any atom is -0.305 e. The SMILES string of the molecule is CN(C)C1CCCN(S(=O)(=O)c2cc(CCl)sc2Br)C1. The van der Waals surface area contributed by atoms with E-state index in [0.717, 1.165) is 17.7 Å². The smallest absolute Gasteiger partial charge is 0.245 e. The van der Waals surface area contributed by atoms with Gasteiger partial charge in [-0.3, -0.25) is 0 Å². The van der Waals surface area contributed by atoms with Crippen LogP contribution in [0.5, 0.6) is 0 Å². The Morgan fingerprint density at radius 1 is 1.55 bits per heavy atom. The van der Waals surface area contributed by atoms with Crippen molar-refractivity contribution in [2.24, 2.45) is 0 Å². The molecule has 1 fully saturated rings. The van der Waals surface area contributed by atoms with E-state index in [1.54, 1.807) is 10.4 Å². The molecule has 0 aliphatic carbocycles. The first-order valence-corrected chi connectivity index (χ1v) is 9.95. The van der Waals surface area contributed by atoms with Gasteiger partial charge >= 0.3 is 0 Å². The summed E-state index contributed by atoms with van der Waals surface area (Å²) >= 11 is 10.5. The molecule has 0 bridgehead atoms. The van der Waals surface area contributed by atoms with E-state index in [-0.39, 0.29) is 6.04 Å². The first kappa shape index (κ1) is 16.7. The zero-order valence-corrected chi connectivity index (χ0v) is 15.4. The monoisotopic (exact) mass is 400 g/mol. The van der Waals surface area contributed by atoms with E-state index in [4.69, 9.17) is 11.6 Å². The van der Waals surface area contributed by atoms with Crippen molar-refractivity contribution in [3.8, 4) is 0 Å². The molecule has 0 saturated carbocycles. The first-order valence-electron chi connectivity index (χ1n) is 6.37. The molecular formula is C12H18BrClN2O2S2. The maximum absolute atomic E-state index is 12.7. The van der Waals surface area contributed by atoms with Gasteiger partial charge in [-0.25, -0.2) is 8.42 Å².